The van der Waals surface area contributed by atoms with Crippen LogP contribution in [0, 0.1) is 0 Å². The molecule has 5 heteroatoms. The average molecular weight is 273 g/mol. The lowest BCUT2D eigenvalue weighted by molar-refractivity contribution is 0.612. The number of aromatic nitrogens is 5. The number of nitrogens with zero attached hydrogens (tertiary/aromatic N) is 4. The van der Waals surface area contributed by atoms with Crippen molar-refractivity contribution in [3.63, 3.8) is 0 Å². The maximum atomic E-state index is 4.34. The van der Waals surface area contributed by atoms with E-state index in [1.54, 1.807) is 12.7 Å². The molecule has 0 atom stereocenters. The van der Waals surface area contributed by atoms with Gasteiger partial charge in [0, 0.05) is 24.3 Å². The first-order valence-electron chi connectivity index (χ1n) is 7.16. The summed E-state index contributed by atoms with van der Waals surface area (Å²) in [4.78, 5) is 11.3. The van der Waals surface area contributed by atoms with E-state index in [0.29, 0.717) is 0 Å². The van der Waals surface area contributed by atoms with Crippen molar-refractivity contribution in [2.75, 3.05) is 0 Å². The Hall–Kier alpha value is -2.17. The fourth-order valence-corrected chi connectivity index (χ4v) is 1.71. The standard InChI is InChI=1S/C11H11N5.2C2H6/c1-3-13-11-10(1)5-9(6-14-11)2-4-16-8-12-7-15-16;2*1-2/h1,3,5-8H,2,4H2,(H,13,14);2*1-2H3. The highest BCUT2D eigenvalue weighted by Crippen LogP contribution is 2.11. The van der Waals surface area contributed by atoms with Gasteiger partial charge in [-0.15, -0.1) is 0 Å². The van der Waals surface area contributed by atoms with Gasteiger partial charge in [-0.3, -0.25) is 4.68 Å². The summed E-state index contributed by atoms with van der Waals surface area (Å²) in [7, 11) is 0. The van der Waals surface area contributed by atoms with E-state index in [-0.39, 0.29) is 0 Å². The van der Waals surface area contributed by atoms with Crippen molar-refractivity contribution in [1.29, 1.82) is 0 Å². The first kappa shape index (κ1) is 15.9. The zero-order valence-electron chi connectivity index (χ0n) is 12.7. The predicted molar refractivity (Wildman–Crippen MR) is 82.5 cm³/mol. The van der Waals surface area contributed by atoms with Crippen LogP contribution in [0.25, 0.3) is 11.0 Å². The first-order valence-corrected chi connectivity index (χ1v) is 7.16. The number of rotatable bonds is 3. The number of H-pyrrole nitrogens is 1. The van der Waals surface area contributed by atoms with Gasteiger partial charge in [-0.25, -0.2) is 9.97 Å². The van der Waals surface area contributed by atoms with Gasteiger partial charge in [-0.2, -0.15) is 5.10 Å². The molecule has 0 aromatic carbocycles. The van der Waals surface area contributed by atoms with Crippen LogP contribution in [0.4, 0.5) is 0 Å². The highest BCUT2D eigenvalue weighted by atomic mass is 15.3. The Morgan fingerprint density at radius 1 is 1.20 bits per heavy atom. The Kier molecular flexibility index (Phi) is 7.03. The Labute approximate surface area is 120 Å². The molecule has 0 bridgehead atoms. The lowest BCUT2D eigenvalue weighted by Gasteiger charge is -2.01. The molecule has 0 fully saturated rings. The molecule has 0 unspecified atom stereocenters. The number of nitrogens with one attached hydrogen (secondary N) is 1. The zero-order valence-corrected chi connectivity index (χ0v) is 12.7. The first-order chi connectivity index (χ1) is 9.92. The molecule has 1 N–H and O–H groups in total. The van der Waals surface area contributed by atoms with E-state index >= 15 is 0 Å². The zero-order chi connectivity index (χ0) is 14.8. The van der Waals surface area contributed by atoms with Crippen molar-refractivity contribution < 1.29 is 0 Å². The lowest BCUT2D eigenvalue weighted by atomic mass is 10.2. The smallest absolute Gasteiger partial charge is 0.137 e. The van der Waals surface area contributed by atoms with Crippen molar-refractivity contribution in [3.05, 3.63) is 42.7 Å². The van der Waals surface area contributed by atoms with E-state index in [2.05, 4.69) is 26.1 Å². The third kappa shape index (κ3) is 4.19. The van der Waals surface area contributed by atoms with Crippen molar-refractivity contribution >= 4 is 11.0 Å². The van der Waals surface area contributed by atoms with Crippen LogP contribution in [-0.2, 0) is 13.0 Å². The van der Waals surface area contributed by atoms with Crippen LogP contribution in [-0.4, -0.2) is 24.7 Å². The van der Waals surface area contributed by atoms with Crippen molar-refractivity contribution in [1.82, 2.24) is 24.7 Å². The van der Waals surface area contributed by atoms with Crippen LogP contribution in [0.2, 0.25) is 0 Å². The Morgan fingerprint density at radius 3 is 2.70 bits per heavy atom. The van der Waals surface area contributed by atoms with Crippen molar-refractivity contribution in [3.8, 4) is 0 Å². The monoisotopic (exact) mass is 273 g/mol. The summed E-state index contributed by atoms with van der Waals surface area (Å²) >= 11 is 0. The molecule has 108 valence electrons. The SMILES string of the molecule is CC.CC.c1ncn(CCc2cnc3[nH]ccc3c2)n1. The van der Waals surface area contributed by atoms with Gasteiger partial charge >= 0.3 is 0 Å². The summed E-state index contributed by atoms with van der Waals surface area (Å²) < 4.78 is 1.82. The molecule has 0 radical (unpaired) electrons. The van der Waals surface area contributed by atoms with Crippen LogP contribution < -0.4 is 0 Å². The molecule has 0 aliphatic heterocycles. The minimum atomic E-state index is 0.831. The second kappa shape index (κ2) is 8.85. The summed E-state index contributed by atoms with van der Waals surface area (Å²) in [6.45, 7) is 8.83. The van der Waals surface area contributed by atoms with Crippen LogP contribution in [0.15, 0.2) is 37.2 Å². The van der Waals surface area contributed by atoms with Crippen molar-refractivity contribution in [2.24, 2.45) is 0 Å². The summed E-state index contributed by atoms with van der Waals surface area (Å²) in [6.07, 6.45) is 7.99. The number of aryl methyl sites for hydroxylation is 2. The molecule has 3 aromatic rings. The number of hydrogen-bond acceptors (Lipinski definition) is 3. The fraction of sp³-hybridized carbons (Fsp3) is 0.400. The molecule has 0 spiro atoms. The van der Waals surface area contributed by atoms with Crippen LogP contribution >= 0.6 is 0 Å². The molecule has 3 heterocycles. The molecule has 0 saturated heterocycles. The van der Waals surface area contributed by atoms with Crippen molar-refractivity contribution in [2.45, 2.75) is 40.7 Å². The van der Waals surface area contributed by atoms with E-state index in [0.717, 1.165) is 24.0 Å². The average Bonchev–Trinajstić information content (AvgIpc) is 3.20. The molecule has 20 heavy (non-hydrogen) atoms. The maximum Gasteiger partial charge on any atom is 0.137 e. The van der Waals surface area contributed by atoms with E-state index < -0.39 is 0 Å². The Morgan fingerprint density at radius 2 is 2.00 bits per heavy atom. The lowest BCUT2D eigenvalue weighted by Crippen LogP contribution is -2.01. The van der Waals surface area contributed by atoms with Crippen LogP contribution in [0.3, 0.4) is 0 Å². The number of hydrogen-bond donors (Lipinski definition) is 1. The summed E-state index contributed by atoms with van der Waals surface area (Å²) in [6, 6.07) is 4.18. The number of aromatic amines is 1. The second-order valence-corrected chi connectivity index (χ2v) is 3.67. The molecule has 5 nitrogen and oxygen atoms in total. The van der Waals surface area contributed by atoms with Gasteiger partial charge in [-0.05, 0) is 24.1 Å². The van der Waals surface area contributed by atoms with E-state index in [1.165, 1.54) is 5.56 Å². The normalized spacial score (nSPS) is 9.40. The largest absolute Gasteiger partial charge is 0.346 e. The second-order valence-electron chi connectivity index (χ2n) is 3.67. The quantitative estimate of drug-likeness (QED) is 0.795. The number of pyridine rings is 1. The maximum absolute atomic E-state index is 4.34. The molecular weight excluding hydrogens is 250 g/mol. The molecule has 3 rings (SSSR count). The molecular formula is C15H23N5. The fourth-order valence-electron chi connectivity index (χ4n) is 1.71. The van der Waals surface area contributed by atoms with Gasteiger partial charge in [0.15, 0.2) is 0 Å². The molecule has 0 amide bonds. The van der Waals surface area contributed by atoms with Gasteiger partial charge in [0.1, 0.15) is 18.3 Å². The van der Waals surface area contributed by atoms with E-state index in [1.807, 2.05) is 50.8 Å². The summed E-state index contributed by atoms with van der Waals surface area (Å²) in [5, 5.41) is 5.21. The highest BCUT2D eigenvalue weighted by molar-refractivity contribution is 5.75. The van der Waals surface area contributed by atoms with E-state index in [4.69, 9.17) is 0 Å². The van der Waals surface area contributed by atoms with Gasteiger partial charge in [0.25, 0.3) is 0 Å². The van der Waals surface area contributed by atoms with Gasteiger partial charge < -0.3 is 4.98 Å². The Bertz CT molecular complexity index is 583. The molecule has 0 saturated carbocycles. The van der Waals surface area contributed by atoms with Crippen LogP contribution in [0.5, 0.6) is 0 Å². The molecule has 0 aliphatic carbocycles. The summed E-state index contributed by atoms with van der Waals surface area (Å²) in [5.41, 5.74) is 2.15. The highest BCUT2D eigenvalue weighted by Gasteiger charge is 1.99. The third-order valence-electron chi connectivity index (χ3n) is 2.55. The molecule has 0 aliphatic rings. The van der Waals surface area contributed by atoms with Gasteiger partial charge in [0.05, 0.1) is 0 Å². The van der Waals surface area contributed by atoms with E-state index in [9.17, 15) is 0 Å². The topological polar surface area (TPSA) is 59.4 Å². The summed E-state index contributed by atoms with van der Waals surface area (Å²) in [5.74, 6) is 0. The van der Waals surface area contributed by atoms with Gasteiger partial charge in [0.2, 0.25) is 0 Å². The predicted octanol–water partition coefficient (Wildman–Crippen LogP) is 3.45. The minimum Gasteiger partial charge on any atom is -0.346 e. The van der Waals surface area contributed by atoms with Gasteiger partial charge in [-0.1, -0.05) is 27.7 Å². The number of fused-ring (bicyclic) bond motifs is 1. The molecule has 3 aromatic heterocycles. The Balaban J connectivity index is 0.000000461. The van der Waals surface area contributed by atoms with Crippen LogP contribution in [0.1, 0.15) is 33.3 Å². The third-order valence-corrected chi connectivity index (χ3v) is 2.55. The minimum absolute atomic E-state index is 0.831.